The maximum Gasteiger partial charge on any atom is 0.241 e. The third-order valence-corrected chi connectivity index (χ3v) is 3.38. The molecule has 0 atom stereocenters. The Morgan fingerprint density at radius 3 is 2.50 bits per heavy atom. The zero-order valence-electron chi connectivity index (χ0n) is 15.3. The largest absolute Gasteiger partial charge is 0.377 e. The first-order valence-electron chi connectivity index (χ1n) is 8.45. The van der Waals surface area contributed by atoms with Crippen molar-refractivity contribution in [2.24, 2.45) is 4.99 Å². The Morgan fingerprint density at radius 1 is 1.17 bits per heavy atom. The van der Waals surface area contributed by atoms with Gasteiger partial charge in [0.25, 0.3) is 0 Å². The highest BCUT2D eigenvalue weighted by Crippen LogP contribution is 2.11. The molecular formula is C18H30N4O2. The van der Waals surface area contributed by atoms with Crippen LogP contribution in [-0.4, -0.2) is 50.6 Å². The van der Waals surface area contributed by atoms with Crippen LogP contribution in [0.4, 0.5) is 0 Å². The average Bonchev–Trinajstić information content (AvgIpc) is 2.58. The summed E-state index contributed by atoms with van der Waals surface area (Å²) in [7, 11) is 3.47. The van der Waals surface area contributed by atoms with Crippen molar-refractivity contribution >= 4 is 11.9 Å². The number of carbonyl (C=O) groups excluding carboxylic acids is 1. The van der Waals surface area contributed by atoms with Crippen molar-refractivity contribution < 1.29 is 9.53 Å². The number of ether oxygens (including phenoxy) is 1. The van der Waals surface area contributed by atoms with Crippen LogP contribution >= 0.6 is 0 Å². The summed E-state index contributed by atoms with van der Waals surface area (Å²) in [5.74, 6) is 0.644. The van der Waals surface area contributed by atoms with Gasteiger partial charge in [-0.05, 0) is 24.5 Å². The van der Waals surface area contributed by atoms with E-state index >= 15 is 0 Å². The van der Waals surface area contributed by atoms with E-state index in [1.165, 1.54) is 0 Å². The smallest absolute Gasteiger partial charge is 0.241 e. The molecule has 24 heavy (non-hydrogen) atoms. The minimum atomic E-state index is 0.00830. The van der Waals surface area contributed by atoms with E-state index in [0.29, 0.717) is 19.1 Å². The van der Waals surface area contributed by atoms with E-state index in [1.807, 2.05) is 19.1 Å². The third-order valence-electron chi connectivity index (χ3n) is 3.38. The number of carbonyl (C=O) groups is 1. The summed E-state index contributed by atoms with van der Waals surface area (Å²) in [6.07, 6.45) is 1.01. The Kier molecular flexibility index (Phi) is 9.53. The maximum atomic E-state index is 11.7. The second-order valence-corrected chi connectivity index (χ2v) is 5.66. The lowest BCUT2D eigenvalue weighted by Crippen LogP contribution is -2.42. The Labute approximate surface area is 145 Å². The first kappa shape index (κ1) is 20.0. The van der Waals surface area contributed by atoms with Crippen LogP contribution in [0, 0.1) is 0 Å². The van der Waals surface area contributed by atoms with Crippen LogP contribution in [0.3, 0.4) is 0 Å². The minimum Gasteiger partial charge on any atom is -0.377 e. The topological polar surface area (TPSA) is 66.0 Å². The summed E-state index contributed by atoms with van der Waals surface area (Å²) >= 11 is 0. The summed E-state index contributed by atoms with van der Waals surface area (Å²) in [6.45, 7) is 6.95. The second kappa shape index (κ2) is 11.5. The Bertz CT molecular complexity index is 530. The molecule has 0 fully saturated rings. The van der Waals surface area contributed by atoms with Gasteiger partial charge in [0, 0.05) is 27.2 Å². The second-order valence-electron chi connectivity index (χ2n) is 5.66. The summed E-state index contributed by atoms with van der Waals surface area (Å²) in [6, 6.07) is 8.14. The lowest BCUT2D eigenvalue weighted by molar-refractivity contribution is -0.127. The fraction of sp³-hybridized carbons (Fsp3) is 0.556. The highest BCUT2D eigenvalue weighted by Gasteiger charge is 2.06. The molecule has 1 rings (SSSR count). The summed E-state index contributed by atoms with van der Waals surface area (Å²) < 4.78 is 5.64. The van der Waals surface area contributed by atoms with E-state index in [0.717, 1.165) is 30.7 Å². The number of nitrogens with one attached hydrogen (secondary N) is 2. The fourth-order valence-corrected chi connectivity index (χ4v) is 2.00. The van der Waals surface area contributed by atoms with Gasteiger partial charge < -0.3 is 20.3 Å². The number of guanidine groups is 1. The molecule has 6 heteroatoms. The number of benzene rings is 1. The molecule has 0 saturated carbocycles. The Balaban J connectivity index is 2.69. The van der Waals surface area contributed by atoms with Crippen LogP contribution in [0.2, 0.25) is 0 Å². The van der Waals surface area contributed by atoms with Crippen molar-refractivity contribution in [2.45, 2.75) is 33.4 Å². The summed E-state index contributed by atoms with van der Waals surface area (Å²) in [5, 5.41) is 6.22. The molecule has 0 aliphatic heterocycles. The van der Waals surface area contributed by atoms with Crippen LogP contribution in [0.15, 0.2) is 29.3 Å². The molecule has 1 aromatic carbocycles. The SMILES string of the molecule is CCCOCc1ccccc1CN=C(NCC)NCC(=O)N(C)C. The molecule has 0 aromatic heterocycles. The third kappa shape index (κ3) is 7.46. The molecule has 0 spiro atoms. The molecule has 0 saturated heterocycles. The van der Waals surface area contributed by atoms with Crippen molar-refractivity contribution in [3.8, 4) is 0 Å². The number of hydrogen-bond donors (Lipinski definition) is 2. The Hall–Kier alpha value is -2.08. The molecule has 0 heterocycles. The van der Waals surface area contributed by atoms with Crippen LogP contribution < -0.4 is 10.6 Å². The number of aliphatic imine (C=N–C) groups is 1. The van der Waals surface area contributed by atoms with E-state index in [1.54, 1.807) is 19.0 Å². The predicted octanol–water partition coefficient (Wildman–Crippen LogP) is 1.76. The van der Waals surface area contributed by atoms with E-state index in [9.17, 15) is 4.79 Å². The highest BCUT2D eigenvalue weighted by atomic mass is 16.5. The van der Waals surface area contributed by atoms with Crippen molar-refractivity contribution in [1.29, 1.82) is 0 Å². The fourth-order valence-electron chi connectivity index (χ4n) is 2.00. The monoisotopic (exact) mass is 334 g/mol. The van der Waals surface area contributed by atoms with Crippen molar-refractivity contribution in [2.75, 3.05) is 33.8 Å². The lowest BCUT2D eigenvalue weighted by atomic mass is 10.1. The normalized spacial score (nSPS) is 11.2. The predicted molar refractivity (Wildman–Crippen MR) is 97.9 cm³/mol. The molecule has 0 radical (unpaired) electrons. The lowest BCUT2D eigenvalue weighted by Gasteiger charge is -2.14. The number of nitrogens with zero attached hydrogens (tertiary/aromatic N) is 2. The zero-order valence-corrected chi connectivity index (χ0v) is 15.3. The van der Waals surface area contributed by atoms with Crippen molar-refractivity contribution in [3.05, 3.63) is 35.4 Å². The van der Waals surface area contributed by atoms with Crippen molar-refractivity contribution in [3.63, 3.8) is 0 Å². The molecule has 0 aliphatic rings. The quantitative estimate of drug-likeness (QED) is 0.410. The van der Waals surface area contributed by atoms with Gasteiger partial charge in [0.15, 0.2) is 5.96 Å². The molecule has 134 valence electrons. The van der Waals surface area contributed by atoms with Crippen LogP contribution in [0.25, 0.3) is 0 Å². The average molecular weight is 334 g/mol. The van der Waals surface area contributed by atoms with E-state index in [2.05, 4.69) is 34.7 Å². The Morgan fingerprint density at radius 2 is 1.88 bits per heavy atom. The van der Waals surface area contributed by atoms with Gasteiger partial charge in [0.05, 0.1) is 19.7 Å². The van der Waals surface area contributed by atoms with Gasteiger partial charge in [0.2, 0.25) is 5.91 Å². The molecule has 2 N–H and O–H groups in total. The number of likely N-dealkylation sites (N-methyl/N-ethyl adjacent to an activating group) is 1. The van der Waals surface area contributed by atoms with Gasteiger partial charge in [-0.3, -0.25) is 4.79 Å². The zero-order chi connectivity index (χ0) is 17.8. The first-order valence-corrected chi connectivity index (χ1v) is 8.45. The minimum absolute atomic E-state index is 0.00830. The van der Waals surface area contributed by atoms with E-state index in [-0.39, 0.29) is 12.5 Å². The molecular weight excluding hydrogens is 304 g/mol. The van der Waals surface area contributed by atoms with Gasteiger partial charge >= 0.3 is 0 Å². The van der Waals surface area contributed by atoms with Crippen LogP contribution in [0.5, 0.6) is 0 Å². The summed E-state index contributed by atoms with van der Waals surface area (Å²) in [4.78, 5) is 17.8. The molecule has 6 nitrogen and oxygen atoms in total. The van der Waals surface area contributed by atoms with Gasteiger partial charge in [-0.1, -0.05) is 31.2 Å². The molecule has 0 aliphatic carbocycles. The number of amides is 1. The van der Waals surface area contributed by atoms with E-state index < -0.39 is 0 Å². The molecule has 1 amide bonds. The van der Waals surface area contributed by atoms with Crippen LogP contribution in [-0.2, 0) is 22.7 Å². The number of rotatable bonds is 9. The first-order chi connectivity index (χ1) is 11.6. The molecule has 0 bridgehead atoms. The van der Waals surface area contributed by atoms with Gasteiger partial charge in [-0.25, -0.2) is 4.99 Å². The van der Waals surface area contributed by atoms with Gasteiger partial charge in [0.1, 0.15) is 0 Å². The maximum absolute atomic E-state index is 11.7. The number of hydrogen-bond acceptors (Lipinski definition) is 3. The van der Waals surface area contributed by atoms with Gasteiger partial charge in [-0.2, -0.15) is 0 Å². The highest BCUT2D eigenvalue weighted by molar-refractivity contribution is 5.86. The van der Waals surface area contributed by atoms with E-state index in [4.69, 9.17) is 4.74 Å². The van der Waals surface area contributed by atoms with Crippen LogP contribution in [0.1, 0.15) is 31.4 Å². The van der Waals surface area contributed by atoms with Gasteiger partial charge in [-0.15, -0.1) is 0 Å². The molecule has 1 aromatic rings. The summed E-state index contributed by atoms with van der Waals surface area (Å²) in [5.41, 5.74) is 2.28. The standard InChI is InChI=1S/C18H30N4O2/c1-5-11-24-14-16-10-8-7-9-15(16)12-20-18(19-6-2)21-13-17(23)22(3)4/h7-10H,5-6,11-14H2,1-4H3,(H2,19,20,21). The molecule has 0 unspecified atom stereocenters. The van der Waals surface area contributed by atoms with Crippen molar-refractivity contribution in [1.82, 2.24) is 15.5 Å².